The van der Waals surface area contributed by atoms with Gasteiger partial charge in [-0.05, 0) is 37.0 Å². The first kappa shape index (κ1) is 21.6. The molecule has 0 aromatic heterocycles. The Balaban J connectivity index is 1.53. The van der Waals surface area contributed by atoms with Gasteiger partial charge in [0.15, 0.2) is 0 Å². The molecule has 1 unspecified atom stereocenters. The predicted octanol–water partition coefficient (Wildman–Crippen LogP) is 2.77. The van der Waals surface area contributed by atoms with Crippen molar-refractivity contribution in [1.82, 2.24) is 14.7 Å². The highest BCUT2D eigenvalue weighted by molar-refractivity contribution is 5.89. The summed E-state index contributed by atoms with van der Waals surface area (Å²) in [6.07, 6.45) is 3.25. The lowest BCUT2D eigenvalue weighted by atomic mass is 10.1. The van der Waals surface area contributed by atoms with Gasteiger partial charge in [-0.15, -0.1) is 0 Å². The van der Waals surface area contributed by atoms with Crippen molar-refractivity contribution in [2.24, 2.45) is 5.92 Å². The molecule has 2 aliphatic rings. The predicted molar refractivity (Wildman–Crippen MR) is 114 cm³/mol. The molecule has 2 amide bonds. The van der Waals surface area contributed by atoms with Crippen molar-refractivity contribution in [2.75, 3.05) is 39.8 Å². The molecule has 29 heavy (non-hydrogen) atoms. The standard InChI is InChI=1S/C23H35N3O3/c1-4-20(5-2)26-17-19(15-22(26)27)23(28)25-12-6-11-24(13-14-25)16-18-7-9-21(29-3)10-8-18/h7-10,19-20H,4-6,11-17H2,1-3H3. The van der Waals surface area contributed by atoms with E-state index in [0.717, 1.165) is 57.7 Å². The minimum atomic E-state index is -0.170. The summed E-state index contributed by atoms with van der Waals surface area (Å²) in [6, 6.07) is 8.45. The van der Waals surface area contributed by atoms with Gasteiger partial charge in [0.1, 0.15) is 5.75 Å². The van der Waals surface area contributed by atoms with Gasteiger partial charge in [0.2, 0.25) is 11.8 Å². The van der Waals surface area contributed by atoms with Gasteiger partial charge in [-0.25, -0.2) is 0 Å². The van der Waals surface area contributed by atoms with Crippen molar-refractivity contribution in [2.45, 2.75) is 52.1 Å². The molecule has 2 saturated heterocycles. The summed E-state index contributed by atoms with van der Waals surface area (Å²) in [6.45, 7) is 9.09. The summed E-state index contributed by atoms with van der Waals surface area (Å²) in [5.41, 5.74) is 1.26. The number of rotatable bonds is 7. The Hall–Kier alpha value is -2.08. The molecule has 6 nitrogen and oxygen atoms in total. The molecule has 2 aliphatic heterocycles. The van der Waals surface area contributed by atoms with E-state index in [2.05, 4.69) is 30.9 Å². The summed E-state index contributed by atoms with van der Waals surface area (Å²) in [5.74, 6) is 1.01. The molecule has 0 aliphatic carbocycles. The smallest absolute Gasteiger partial charge is 0.228 e. The van der Waals surface area contributed by atoms with E-state index in [1.807, 2.05) is 21.9 Å². The average Bonchev–Trinajstić information content (AvgIpc) is 2.97. The molecule has 3 rings (SSSR count). The first-order valence-electron chi connectivity index (χ1n) is 11.0. The minimum Gasteiger partial charge on any atom is -0.497 e. The summed E-state index contributed by atoms with van der Waals surface area (Å²) in [4.78, 5) is 31.9. The number of hydrogen-bond acceptors (Lipinski definition) is 4. The van der Waals surface area contributed by atoms with E-state index in [4.69, 9.17) is 4.74 Å². The van der Waals surface area contributed by atoms with Crippen molar-refractivity contribution < 1.29 is 14.3 Å². The van der Waals surface area contributed by atoms with Crippen LogP contribution >= 0.6 is 0 Å². The number of carbonyl (C=O) groups excluding carboxylic acids is 2. The Morgan fingerprint density at radius 2 is 1.83 bits per heavy atom. The highest BCUT2D eigenvalue weighted by Gasteiger charge is 2.38. The number of benzene rings is 1. The number of likely N-dealkylation sites (tertiary alicyclic amines) is 1. The van der Waals surface area contributed by atoms with Gasteiger partial charge < -0.3 is 14.5 Å². The van der Waals surface area contributed by atoms with Crippen molar-refractivity contribution in [3.63, 3.8) is 0 Å². The van der Waals surface area contributed by atoms with Gasteiger partial charge in [-0.3, -0.25) is 14.5 Å². The van der Waals surface area contributed by atoms with E-state index in [1.165, 1.54) is 5.56 Å². The van der Waals surface area contributed by atoms with Crippen LogP contribution in [0.4, 0.5) is 0 Å². The second-order valence-corrected chi connectivity index (χ2v) is 8.22. The number of hydrogen-bond donors (Lipinski definition) is 0. The maximum absolute atomic E-state index is 13.1. The zero-order chi connectivity index (χ0) is 20.8. The molecular weight excluding hydrogens is 366 g/mol. The first-order chi connectivity index (χ1) is 14.0. The molecule has 1 atom stereocenters. The molecule has 0 spiro atoms. The second-order valence-electron chi connectivity index (χ2n) is 8.22. The van der Waals surface area contributed by atoms with E-state index in [9.17, 15) is 9.59 Å². The molecule has 0 N–H and O–H groups in total. The van der Waals surface area contributed by atoms with Crippen molar-refractivity contribution in [3.8, 4) is 5.75 Å². The average molecular weight is 402 g/mol. The monoisotopic (exact) mass is 401 g/mol. The molecule has 2 fully saturated rings. The van der Waals surface area contributed by atoms with Gasteiger partial charge >= 0.3 is 0 Å². The van der Waals surface area contributed by atoms with Gasteiger partial charge in [0.05, 0.1) is 13.0 Å². The van der Waals surface area contributed by atoms with Crippen molar-refractivity contribution >= 4 is 11.8 Å². The lowest BCUT2D eigenvalue weighted by Crippen LogP contribution is -2.41. The number of methoxy groups -OCH3 is 1. The van der Waals surface area contributed by atoms with Crippen LogP contribution in [-0.4, -0.2) is 72.4 Å². The lowest BCUT2D eigenvalue weighted by molar-refractivity contribution is -0.135. The van der Waals surface area contributed by atoms with Crippen LogP contribution in [0.2, 0.25) is 0 Å². The van der Waals surface area contributed by atoms with Gasteiger partial charge in [0, 0.05) is 51.7 Å². The Labute approximate surface area is 174 Å². The Morgan fingerprint density at radius 3 is 2.48 bits per heavy atom. The Morgan fingerprint density at radius 1 is 1.10 bits per heavy atom. The van der Waals surface area contributed by atoms with Crippen molar-refractivity contribution in [1.29, 1.82) is 0 Å². The van der Waals surface area contributed by atoms with E-state index in [1.54, 1.807) is 7.11 Å². The zero-order valence-electron chi connectivity index (χ0n) is 18.1. The molecule has 0 saturated carbocycles. The minimum absolute atomic E-state index is 0.146. The maximum Gasteiger partial charge on any atom is 0.228 e. The van der Waals surface area contributed by atoms with Crippen LogP contribution in [0.1, 0.15) is 45.1 Å². The van der Waals surface area contributed by atoms with E-state index in [0.29, 0.717) is 13.0 Å². The topological polar surface area (TPSA) is 53.1 Å². The highest BCUT2D eigenvalue weighted by atomic mass is 16.5. The highest BCUT2D eigenvalue weighted by Crippen LogP contribution is 2.25. The normalized spacial score (nSPS) is 21.0. The van der Waals surface area contributed by atoms with Crippen LogP contribution in [0, 0.1) is 5.92 Å². The number of nitrogens with zero attached hydrogens (tertiary/aromatic N) is 3. The number of amides is 2. The SMILES string of the molecule is CCC(CC)N1CC(C(=O)N2CCCN(Cc3ccc(OC)cc3)CC2)CC1=O. The molecule has 0 bridgehead atoms. The Bertz CT molecular complexity index is 687. The molecule has 0 radical (unpaired) electrons. The third kappa shape index (κ3) is 5.30. The third-order valence-corrected chi connectivity index (χ3v) is 6.36. The van der Waals surface area contributed by atoms with E-state index >= 15 is 0 Å². The fourth-order valence-electron chi connectivity index (χ4n) is 4.58. The van der Waals surface area contributed by atoms with Gasteiger partial charge in [0.25, 0.3) is 0 Å². The molecule has 6 heteroatoms. The van der Waals surface area contributed by atoms with Crippen LogP contribution in [0.25, 0.3) is 0 Å². The molecule has 2 heterocycles. The summed E-state index contributed by atoms with van der Waals surface area (Å²) < 4.78 is 5.23. The van der Waals surface area contributed by atoms with E-state index < -0.39 is 0 Å². The van der Waals surface area contributed by atoms with Crippen LogP contribution in [0.15, 0.2) is 24.3 Å². The summed E-state index contributed by atoms with van der Waals surface area (Å²) in [5, 5.41) is 0. The third-order valence-electron chi connectivity index (χ3n) is 6.36. The summed E-state index contributed by atoms with van der Waals surface area (Å²) >= 11 is 0. The van der Waals surface area contributed by atoms with Crippen LogP contribution in [0.5, 0.6) is 5.75 Å². The quantitative estimate of drug-likeness (QED) is 0.705. The van der Waals surface area contributed by atoms with Gasteiger partial charge in [-0.1, -0.05) is 26.0 Å². The van der Waals surface area contributed by atoms with Gasteiger partial charge in [-0.2, -0.15) is 0 Å². The van der Waals surface area contributed by atoms with Crippen molar-refractivity contribution in [3.05, 3.63) is 29.8 Å². The summed E-state index contributed by atoms with van der Waals surface area (Å²) in [7, 11) is 1.68. The number of carbonyl (C=O) groups is 2. The maximum atomic E-state index is 13.1. The second kappa shape index (κ2) is 10.1. The number of ether oxygens (including phenoxy) is 1. The van der Waals surface area contributed by atoms with Crippen LogP contribution < -0.4 is 4.74 Å². The molecule has 1 aromatic carbocycles. The molecule has 160 valence electrons. The fraction of sp³-hybridized carbons (Fsp3) is 0.652. The zero-order valence-corrected chi connectivity index (χ0v) is 18.1. The molecular formula is C23H35N3O3. The fourth-order valence-corrected chi connectivity index (χ4v) is 4.58. The Kier molecular flexibility index (Phi) is 7.53. The van der Waals surface area contributed by atoms with E-state index in [-0.39, 0.29) is 23.8 Å². The first-order valence-corrected chi connectivity index (χ1v) is 11.0. The lowest BCUT2D eigenvalue weighted by Gasteiger charge is -2.27. The largest absolute Gasteiger partial charge is 0.497 e. The molecule has 1 aromatic rings. The van der Waals surface area contributed by atoms with Crippen LogP contribution in [0.3, 0.4) is 0 Å². The van der Waals surface area contributed by atoms with Crippen LogP contribution in [-0.2, 0) is 16.1 Å².